The first-order valence-corrected chi connectivity index (χ1v) is 11.1. The van der Waals surface area contributed by atoms with E-state index >= 15 is 0 Å². The van der Waals surface area contributed by atoms with Crippen molar-refractivity contribution in [1.82, 2.24) is 20.0 Å². The van der Waals surface area contributed by atoms with Crippen molar-refractivity contribution in [3.8, 4) is 11.5 Å². The quantitative estimate of drug-likeness (QED) is 0.561. The molecule has 2 atom stereocenters. The van der Waals surface area contributed by atoms with Gasteiger partial charge in [0.15, 0.2) is 11.5 Å². The number of ether oxygens (including phenoxy) is 2. The Morgan fingerprint density at radius 1 is 0.935 bits per heavy atom. The molecule has 1 aromatic rings. The maximum Gasteiger partial charge on any atom is 0.334 e. The molecule has 0 aliphatic carbocycles. The SMILES string of the molecule is O=C1C(=O)N([C@H]2CCCN(C[C@H]3COc4ccccc4O3)C2)C(=O)N1C1CCNCC1. The topological polar surface area (TPSA) is 91.4 Å². The van der Waals surface area contributed by atoms with E-state index in [9.17, 15) is 14.4 Å². The summed E-state index contributed by atoms with van der Waals surface area (Å²) in [4.78, 5) is 43.1. The molecule has 9 heteroatoms. The lowest BCUT2D eigenvalue weighted by Crippen LogP contribution is -2.53. The van der Waals surface area contributed by atoms with E-state index in [0.29, 0.717) is 39.0 Å². The molecule has 4 aliphatic rings. The third-order valence-electron chi connectivity index (χ3n) is 6.58. The second-order valence-electron chi connectivity index (χ2n) is 8.67. The molecule has 0 radical (unpaired) electrons. The largest absolute Gasteiger partial charge is 0.486 e. The second kappa shape index (κ2) is 8.47. The Morgan fingerprint density at radius 2 is 1.65 bits per heavy atom. The van der Waals surface area contributed by atoms with Crippen LogP contribution in [0.15, 0.2) is 24.3 Å². The van der Waals surface area contributed by atoms with Crippen LogP contribution < -0.4 is 14.8 Å². The van der Waals surface area contributed by atoms with Crippen molar-refractivity contribution in [2.75, 3.05) is 39.3 Å². The van der Waals surface area contributed by atoms with Gasteiger partial charge < -0.3 is 14.8 Å². The number of imide groups is 2. The number of para-hydroxylation sites is 2. The van der Waals surface area contributed by atoms with E-state index in [4.69, 9.17) is 9.47 Å². The van der Waals surface area contributed by atoms with Crippen molar-refractivity contribution >= 4 is 17.8 Å². The molecule has 3 fully saturated rings. The van der Waals surface area contributed by atoms with Crippen molar-refractivity contribution in [2.45, 2.75) is 43.9 Å². The standard InChI is InChI=1S/C22H28N4O5/c27-20-21(28)26(22(29)25(20)15-7-9-23-10-8-15)16-4-3-11-24(12-16)13-17-14-30-18-5-1-2-6-19(18)31-17/h1-2,5-6,15-17,23H,3-4,7-14H2/t16-,17-/m0/s1. The van der Waals surface area contributed by atoms with Gasteiger partial charge in [-0.1, -0.05) is 12.1 Å². The number of carbonyl (C=O) groups is 3. The molecule has 0 bridgehead atoms. The normalized spacial score (nSPS) is 27.8. The van der Waals surface area contributed by atoms with Crippen molar-refractivity contribution in [2.24, 2.45) is 0 Å². The van der Waals surface area contributed by atoms with Crippen LogP contribution in [-0.2, 0) is 9.59 Å². The number of nitrogens with zero attached hydrogens (tertiary/aromatic N) is 3. The number of piperidine rings is 2. The average Bonchev–Trinajstić information content (AvgIpc) is 3.02. The molecule has 9 nitrogen and oxygen atoms in total. The predicted octanol–water partition coefficient (Wildman–Crippen LogP) is 0.834. The Kier molecular flexibility index (Phi) is 5.54. The minimum absolute atomic E-state index is 0.119. The highest BCUT2D eigenvalue weighted by atomic mass is 16.6. The molecule has 166 valence electrons. The summed E-state index contributed by atoms with van der Waals surface area (Å²) >= 11 is 0. The molecule has 0 spiro atoms. The summed E-state index contributed by atoms with van der Waals surface area (Å²) in [7, 11) is 0. The highest BCUT2D eigenvalue weighted by Crippen LogP contribution is 2.32. The minimum atomic E-state index is -0.679. The second-order valence-corrected chi connectivity index (χ2v) is 8.67. The lowest BCUT2D eigenvalue weighted by Gasteiger charge is -2.38. The molecule has 0 saturated carbocycles. The maximum absolute atomic E-state index is 13.1. The lowest BCUT2D eigenvalue weighted by atomic mass is 10.0. The van der Waals surface area contributed by atoms with Gasteiger partial charge in [-0.05, 0) is 57.5 Å². The number of hydrogen-bond donors (Lipinski definition) is 1. The molecule has 31 heavy (non-hydrogen) atoms. The molecule has 1 N–H and O–H groups in total. The monoisotopic (exact) mass is 428 g/mol. The zero-order chi connectivity index (χ0) is 21.4. The van der Waals surface area contributed by atoms with Gasteiger partial charge in [-0.25, -0.2) is 4.79 Å². The number of hydrogen-bond acceptors (Lipinski definition) is 7. The first-order valence-electron chi connectivity index (χ1n) is 11.1. The highest BCUT2D eigenvalue weighted by molar-refractivity contribution is 6.44. The summed E-state index contributed by atoms with van der Waals surface area (Å²) in [5.41, 5.74) is 0. The van der Waals surface area contributed by atoms with Gasteiger partial charge in [-0.3, -0.25) is 24.3 Å². The molecule has 5 rings (SSSR count). The van der Waals surface area contributed by atoms with Gasteiger partial charge in [0.05, 0.1) is 6.04 Å². The van der Waals surface area contributed by atoms with E-state index in [0.717, 1.165) is 37.6 Å². The molecular formula is C22H28N4O5. The van der Waals surface area contributed by atoms with Crippen LogP contribution in [0, 0.1) is 0 Å². The average molecular weight is 428 g/mol. The molecule has 4 aliphatic heterocycles. The Morgan fingerprint density at radius 3 is 2.42 bits per heavy atom. The van der Waals surface area contributed by atoms with E-state index in [-0.39, 0.29) is 18.2 Å². The molecular weight excluding hydrogens is 400 g/mol. The van der Waals surface area contributed by atoms with E-state index in [2.05, 4.69) is 10.2 Å². The molecule has 4 amide bonds. The zero-order valence-corrected chi connectivity index (χ0v) is 17.5. The van der Waals surface area contributed by atoms with E-state index in [1.54, 1.807) is 0 Å². The van der Waals surface area contributed by atoms with Crippen molar-refractivity contribution < 1.29 is 23.9 Å². The third kappa shape index (κ3) is 3.87. The highest BCUT2D eigenvalue weighted by Gasteiger charge is 2.50. The Balaban J connectivity index is 1.23. The number of benzene rings is 1. The number of nitrogens with one attached hydrogen (secondary N) is 1. The maximum atomic E-state index is 13.1. The van der Waals surface area contributed by atoms with E-state index < -0.39 is 17.8 Å². The summed E-state index contributed by atoms with van der Waals surface area (Å²) in [6.07, 6.45) is 2.83. The first-order chi connectivity index (χ1) is 15.1. The molecule has 0 unspecified atom stereocenters. The Hall–Kier alpha value is -2.65. The van der Waals surface area contributed by atoms with Gasteiger partial charge in [0, 0.05) is 19.1 Å². The Bertz CT molecular complexity index is 871. The number of carbonyl (C=O) groups excluding carboxylic acids is 3. The van der Waals surface area contributed by atoms with Gasteiger partial charge in [-0.15, -0.1) is 0 Å². The fourth-order valence-corrected chi connectivity index (χ4v) is 5.05. The fraction of sp³-hybridized carbons (Fsp3) is 0.591. The molecule has 0 aromatic heterocycles. The molecule has 4 heterocycles. The van der Waals surface area contributed by atoms with Crippen LogP contribution in [-0.4, -0.2) is 90.1 Å². The number of likely N-dealkylation sites (tertiary alicyclic amines) is 1. The van der Waals surface area contributed by atoms with Gasteiger partial charge in [0.25, 0.3) is 0 Å². The molecule has 3 saturated heterocycles. The summed E-state index contributed by atoms with van der Waals surface area (Å²) < 4.78 is 11.9. The number of urea groups is 1. The predicted molar refractivity (Wildman–Crippen MR) is 111 cm³/mol. The van der Waals surface area contributed by atoms with Gasteiger partial charge >= 0.3 is 17.8 Å². The van der Waals surface area contributed by atoms with Crippen LogP contribution in [0.1, 0.15) is 25.7 Å². The van der Waals surface area contributed by atoms with Gasteiger partial charge in [-0.2, -0.15) is 0 Å². The number of fused-ring (bicyclic) bond motifs is 1. The van der Waals surface area contributed by atoms with Crippen LogP contribution in [0.4, 0.5) is 4.79 Å². The lowest BCUT2D eigenvalue weighted by molar-refractivity contribution is -0.145. The van der Waals surface area contributed by atoms with Crippen molar-refractivity contribution in [3.05, 3.63) is 24.3 Å². The summed E-state index contributed by atoms with van der Waals surface area (Å²) in [6, 6.07) is 6.68. The summed E-state index contributed by atoms with van der Waals surface area (Å²) in [5.74, 6) is 0.136. The third-order valence-corrected chi connectivity index (χ3v) is 6.58. The van der Waals surface area contributed by atoms with Crippen molar-refractivity contribution in [1.29, 1.82) is 0 Å². The summed E-state index contributed by atoms with van der Waals surface area (Å²) in [6.45, 7) is 4.01. The van der Waals surface area contributed by atoms with Crippen molar-refractivity contribution in [3.63, 3.8) is 0 Å². The molecule has 1 aromatic carbocycles. The van der Waals surface area contributed by atoms with E-state index in [1.807, 2.05) is 24.3 Å². The van der Waals surface area contributed by atoms with Gasteiger partial charge in [0.2, 0.25) is 0 Å². The van der Waals surface area contributed by atoms with Gasteiger partial charge in [0.1, 0.15) is 12.7 Å². The van der Waals surface area contributed by atoms with Crippen LogP contribution in [0.5, 0.6) is 11.5 Å². The number of amides is 4. The first kappa shape index (κ1) is 20.3. The van der Waals surface area contributed by atoms with E-state index in [1.165, 1.54) is 9.80 Å². The van der Waals surface area contributed by atoms with Crippen LogP contribution in [0.2, 0.25) is 0 Å². The smallest absolute Gasteiger partial charge is 0.334 e. The zero-order valence-electron chi connectivity index (χ0n) is 17.5. The summed E-state index contributed by atoms with van der Waals surface area (Å²) in [5, 5.41) is 3.23. The van der Waals surface area contributed by atoms with Crippen LogP contribution in [0.25, 0.3) is 0 Å². The Labute approximate surface area is 181 Å². The van der Waals surface area contributed by atoms with Crippen LogP contribution >= 0.6 is 0 Å². The number of rotatable bonds is 4. The fourth-order valence-electron chi connectivity index (χ4n) is 5.05. The minimum Gasteiger partial charge on any atom is -0.486 e. The van der Waals surface area contributed by atoms with Crippen LogP contribution in [0.3, 0.4) is 0 Å².